The quantitative estimate of drug-likeness (QED) is 0.483. The summed E-state index contributed by atoms with van der Waals surface area (Å²) in [5, 5.41) is 7.28. The Hall–Kier alpha value is -3.19. The van der Waals surface area contributed by atoms with Gasteiger partial charge in [0.2, 0.25) is 0 Å². The van der Waals surface area contributed by atoms with E-state index in [4.69, 9.17) is 9.26 Å². The van der Waals surface area contributed by atoms with E-state index in [0.29, 0.717) is 16.5 Å². The van der Waals surface area contributed by atoms with Gasteiger partial charge in [-0.25, -0.2) is 4.98 Å². The summed E-state index contributed by atoms with van der Waals surface area (Å²) in [6.07, 6.45) is 0. The van der Waals surface area contributed by atoms with Gasteiger partial charge in [-0.3, -0.25) is 10.1 Å². The lowest BCUT2D eigenvalue weighted by atomic mass is 10.1. The number of carbonyl (C=O) groups is 1. The number of anilines is 1. The SMILES string of the molecule is Cc1ccc2nc(NC(=O)c3noc(C)c3COc3ccc(C)c(C)c3)sc2c1. The van der Waals surface area contributed by atoms with Gasteiger partial charge in [0.05, 0.1) is 15.8 Å². The molecule has 0 aliphatic carbocycles. The molecule has 0 unspecified atom stereocenters. The fourth-order valence-electron chi connectivity index (χ4n) is 2.94. The molecule has 7 heteroatoms. The average molecular weight is 407 g/mol. The van der Waals surface area contributed by atoms with Gasteiger partial charge in [0, 0.05) is 0 Å². The Bertz CT molecular complexity index is 1210. The van der Waals surface area contributed by atoms with Crippen molar-refractivity contribution in [1.82, 2.24) is 10.1 Å². The van der Waals surface area contributed by atoms with Crippen LogP contribution in [-0.4, -0.2) is 16.0 Å². The zero-order chi connectivity index (χ0) is 20.5. The van der Waals surface area contributed by atoms with E-state index in [1.165, 1.54) is 16.9 Å². The predicted molar refractivity (Wildman–Crippen MR) is 114 cm³/mol. The molecule has 0 radical (unpaired) electrons. The minimum Gasteiger partial charge on any atom is -0.489 e. The summed E-state index contributed by atoms with van der Waals surface area (Å²) in [5.74, 6) is 0.928. The van der Waals surface area contributed by atoms with Crippen molar-refractivity contribution in [3.63, 3.8) is 0 Å². The molecule has 4 rings (SSSR count). The van der Waals surface area contributed by atoms with Crippen LogP contribution in [0.3, 0.4) is 0 Å². The standard InChI is InChI=1S/C22H21N3O3S/c1-12-5-8-18-19(9-12)29-22(23-18)24-21(26)20-17(15(4)28-25-20)11-27-16-7-6-13(2)14(3)10-16/h5-10H,11H2,1-4H3,(H,23,24,26). The van der Waals surface area contributed by atoms with Crippen LogP contribution in [0.2, 0.25) is 0 Å². The van der Waals surface area contributed by atoms with Gasteiger partial charge in [-0.1, -0.05) is 28.6 Å². The number of nitrogens with zero attached hydrogens (tertiary/aromatic N) is 2. The smallest absolute Gasteiger partial charge is 0.280 e. The highest BCUT2D eigenvalue weighted by Gasteiger charge is 2.21. The summed E-state index contributed by atoms with van der Waals surface area (Å²) >= 11 is 1.43. The summed E-state index contributed by atoms with van der Waals surface area (Å²) in [6.45, 7) is 8.07. The van der Waals surface area contributed by atoms with E-state index >= 15 is 0 Å². The van der Waals surface area contributed by atoms with E-state index in [-0.39, 0.29) is 18.2 Å². The third kappa shape index (κ3) is 4.00. The van der Waals surface area contributed by atoms with E-state index in [2.05, 4.69) is 22.4 Å². The number of aromatic nitrogens is 2. The Balaban J connectivity index is 1.52. The molecule has 0 saturated carbocycles. The van der Waals surface area contributed by atoms with E-state index in [0.717, 1.165) is 27.1 Å². The van der Waals surface area contributed by atoms with Crippen LogP contribution in [0.15, 0.2) is 40.9 Å². The highest BCUT2D eigenvalue weighted by molar-refractivity contribution is 7.22. The minimum absolute atomic E-state index is 0.194. The maximum atomic E-state index is 12.8. The first kappa shape index (κ1) is 19.1. The van der Waals surface area contributed by atoms with Gasteiger partial charge in [-0.05, 0) is 68.7 Å². The zero-order valence-electron chi connectivity index (χ0n) is 16.7. The summed E-state index contributed by atoms with van der Waals surface area (Å²) in [5.41, 5.74) is 5.18. The first-order valence-corrected chi connectivity index (χ1v) is 10.1. The molecule has 1 N–H and O–H groups in total. The number of nitrogens with one attached hydrogen (secondary N) is 1. The summed E-state index contributed by atoms with van der Waals surface area (Å²) in [4.78, 5) is 17.2. The van der Waals surface area contributed by atoms with Crippen molar-refractivity contribution < 1.29 is 14.1 Å². The molecule has 0 atom stereocenters. The predicted octanol–water partition coefficient (Wildman–Crippen LogP) is 5.35. The highest BCUT2D eigenvalue weighted by Crippen LogP contribution is 2.27. The number of hydrogen-bond donors (Lipinski definition) is 1. The van der Waals surface area contributed by atoms with Gasteiger partial charge in [-0.2, -0.15) is 0 Å². The average Bonchev–Trinajstić information content (AvgIpc) is 3.25. The van der Waals surface area contributed by atoms with Gasteiger partial charge in [-0.15, -0.1) is 0 Å². The van der Waals surface area contributed by atoms with Crippen LogP contribution < -0.4 is 10.1 Å². The van der Waals surface area contributed by atoms with Gasteiger partial charge in [0.25, 0.3) is 5.91 Å². The first-order valence-electron chi connectivity index (χ1n) is 9.24. The van der Waals surface area contributed by atoms with Gasteiger partial charge < -0.3 is 9.26 Å². The molecule has 29 heavy (non-hydrogen) atoms. The van der Waals surface area contributed by atoms with Crippen LogP contribution in [0.4, 0.5) is 5.13 Å². The molecule has 2 aromatic heterocycles. The highest BCUT2D eigenvalue weighted by atomic mass is 32.1. The fourth-order valence-corrected chi connectivity index (χ4v) is 3.90. The lowest BCUT2D eigenvalue weighted by Gasteiger charge is -2.08. The minimum atomic E-state index is -0.365. The van der Waals surface area contributed by atoms with Gasteiger partial charge in [0.15, 0.2) is 10.8 Å². The number of benzene rings is 2. The second kappa shape index (κ2) is 7.67. The molecule has 4 aromatic rings. The molecule has 0 aliphatic heterocycles. The largest absolute Gasteiger partial charge is 0.489 e. The second-order valence-corrected chi connectivity index (χ2v) is 8.08. The van der Waals surface area contributed by atoms with Crippen molar-refractivity contribution in [2.45, 2.75) is 34.3 Å². The molecular weight excluding hydrogens is 386 g/mol. The van der Waals surface area contributed by atoms with Crippen molar-refractivity contribution in [2.75, 3.05) is 5.32 Å². The number of hydrogen-bond acceptors (Lipinski definition) is 6. The molecule has 1 amide bonds. The molecule has 0 bridgehead atoms. The van der Waals surface area contributed by atoms with Crippen LogP contribution in [0.1, 0.15) is 38.5 Å². The molecule has 148 valence electrons. The monoisotopic (exact) mass is 407 g/mol. The maximum Gasteiger partial charge on any atom is 0.280 e. The van der Waals surface area contributed by atoms with Crippen molar-refractivity contribution in [1.29, 1.82) is 0 Å². The van der Waals surface area contributed by atoms with Crippen LogP contribution in [0.5, 0.6) is 5.75 Å². The molecule has 6 nitrogen and oxygen atoms in total. The van der Waals surface area contributed by atoms with E-state index < -0.39 is 0 Å². The second-order valence-electron chi connectivity index (χ2n) is 7.04. The first-order chi connectivity index (χ1) is 13.9. The Labute approximate surface area is 172 Å². The Kier molecular flexibility index (Phi) is 5.07. The van der Waals surface area contributed by atoms with Crippen LogP contribution >= 0.6 is 11.3 Å². The molecular formula is C22H21N3O3S. The van der Waals surface area contributed by atoms with Crippen molar-refractivity contribution in [2.24, 2.45) is 0 Å². The number of ether oxygens (including phenoxy) is 1. The fraction of sp³-hybridized carbons (Fsp3) is 0.227. The van der Waals surface area contributed by atoms with Gasteiger partial charge in [0.1, 0.15) is 18.1 Å². The number of carbonyl (C=O) groups excluding carboxylic acids is 1. The summed E-state index contributed by atoms with van der Waals surface area (Å²) in [7, 11) is 0. The number of rotatable bonds is 5. The summed E-state index contributed by atoms with van der Waals surface area (Å²) in [6, 6.07) is 11.9. The molecule has 0 fully saturated rings. The normalized spacial score (nSPS) is 11.0. The number of thiazole rings is 1. The lowest BCUT2D eigenvalue weighted by molar-refractivity contribution is 0.101. The van der Waals surface area contributed by atoms with E-state index in [9.17, 15) is 4.79 Å². The zero-order valence-corrected chi connectivity index (χ0v) is 17.5. The third-order valence-corrected chi connectivity index (χ3v) is 5.76. The van der Waals surface area contributed by atoms with Crippen LogP contribution in [0, 0.1) is 27.7 Å². The van der Waals surface area contributed by atoms with Crippen LogP contribution in [0.25, 0.3) is 10.2 Å². The Morgan fingerprint density at radius 2 is 1.93 bits per heavy atom. The van der Waals surface area contributed by atoms with Crippen molar-refractivity contribution in [3.05, 3.63) is 70.1 Å². The van der Waals surface area contributed by atoms with Gasteiger partial charge >= 0.3 is 0 Å². The maximum absolute atomic E-state index is 12.8. The molecule has 0 saturated heterocycles. The Morgan fingerprint density at radius 3 is 2.72 bits per heavy atom. The van der Waals surface area contributed by atoms with Crippen LogP contribution in [-0.2, 0) is 6.61 Å². The molecule has 0 spiro atoms. The van der Waals surface area contributed by atoms with E-state index in [1.807, 2.05) is 50.2 Å². The molecule has 2 aromatic carbocycles. The van der Waals surface area contributed by atoms with Crippen molar-refractivity contribution >= 4 is 32.6 Å². The van der Waals surface area contributed by atoms with E-state index in [1.54, 1.807) is 6.92 Å². The number of fused-ring (bicyclic) bond motifs is 1. The topological polar surface area (TPSA) is 77.3 Å². The molecule has 0 aliphatic rings. The summed E-state index contributed by atoms with van der Waals surface area (Å²) < 4.78 is 12.2. The number of aryl methyl sites for hydroxylation is 4. The third-order valence-electron chi connectivity index (χ3n) is 4.83. The lowest BCUT2D eigenvalue weighted by Crippen LogP contribution is -2.15. The Morgan fingerprint density at radius 1 is 1.10 bits per heavy atom. The molecule has 2 heterocycles. The number of amides is 1. The van der Waals surface area contributed by atoms with Crippen molar-refractivity contribution in [3.8, 4) is 5.75 Å².